The van der Waals surface area contributed by atoms with E-state index in [9.17, 15) is 14.4 Å². The number of carbonyl (C=O) groups excluding carboxylic acids is 2. The number of amides is 1. The Morgan fingerprint density at radius 2 is 1.75 bits per heavy atom. The van der Waals surface area contributed by atoms with Crippen molar-refractivity contribution in [2.24, 2.45) is 0 Å². The van der Waals surface area contributed by atoms with Crippen molar-refractivity contribution in [3.05, 3.63) is 35.9 Å². The third kappa shape index (κ3) is 8.77. The minimum atomic E-state index is -1.13. The molecule has 0 bridgehead atoms. The van der Waals surface area contributed by atoms with Crippen molar-refractivity contribution in [2.45, 2.75) is 51.9 Å². The van der Waals surface area contributed by atoms with Crippen molar-refractivity contribution in [1.29, 1.82) is 0 Å². The molecule has 0 spiro atoms. The largest absolute Gasteiger partial charge is 0.481 e. The summed E-state index contributed by atoms with van der Waals surface area (Å²) in [5, 5.41) is 11.3. The predicted molar refractivity (Wildman–Crippen MR) is 86.3 cm³/mol. The van der Waals surface area contributed by atoms with Crippen LogP contribution >= 0.6 is 0 Å². The predicted octanol–water partition coefficient (Wildman–Crippen LogP) is 2.49. The zero-order chi connectivity index (χ0) is 18.2. The number of carbonyl (C=O) groups is 3. The molecule has 0 aliphatic rings. The highest BCUT2D eigenvalue weighted by atomic mass is 16.6. The molecule has 0 saturated carbocycles. The van der Waals surface area contributed by atoms with E-state index < -0.39 is 36.1 Å². The third-order valence-corrected chi connectivity index (χ3v) is 2.79. The molecule has 132 valence electrons. The van der Waals surface area contributed by atoms with Gasteiger partial charge in [-0.15, -0.1) is 0 Å². The van der Waals surface area contributed by atoms with Crippen molar-refractivity contribution < 1.29 is 29.0 Å². The topological polar surface area (TPSA) is 102 Å². The van der Waals surface area contributed by atoms with E-state index in [-0.39, 0.29) is 13.0 Å². The highest BCUT2D eigenvalue weighted by molar-refractivity contribution is 5.76. The average molecular weight is 337 g/mol. The maximum absolute atomic E-state index is 11.8. The summed E-state index contributed by atoms with van der Waals surface area (Å²) >= 11 is 0. The molecule has 0 saturated heterocycles. The maximum atomic E-state index is 11.8. The summed E-state index contributed by atoms with van der Waals surface area (Å²) in [6.45, 7) is 5.18. The summed E-state index contributed by atoms with van der Waals surface area (Å²) in [6, 6.07) is 8.15. The quantitative estimate of drug-likeness (QED) is 0.741. The number of aliphatic carboxylic acids is 1. The number of ether oxygens (including phenoxy) is 2. The van der Waals surface area contributed by atoms with E-state index in [1.807, 2.05) is 18.2 Å². The van der Waals surface area contributed by atoms with E-state index >= 15 is 0 Å². The molecule has 0 radical (unpaired) electrons. The van der Waals surface area contributed by atoms with E-state index in [2.05, 4.69) is 5.32 Å². The van der Waals surface area contributed by atoms with Crippen LogP contribution in [0.3, 0.4) is 0 Å². The summed E-state index contributed by atoms with van der Waals surface area (Å²) < 4.78 is 10.2. The molecule has 24 heavy (non-hydrogen) atoms. The molecule has 1 aromatic rings. The Bertz CT molecular complexity index is 564. The van der Waals surface area contributed by atoms with Crippen molar-refractivity contribution in [1.82, 2.24) is 5.32 Å². The van der Waals surface area contributed by atoms with E-state index in [0.717, 1.165) is 5.56 Å². The first-order valence-corrected chi connectivity index (χ1v) is 7.56. The number of hydrogen-bond acceptors (Lipinski definition) is 5. The Labute approximate surface area is 141 Å². The second-order valence-corrected chi connectivity index (χ2v) is 6.29. The van der Waals surface area contributed by atoms with Gasteiger partial charge < -0.3 is 19.9 Å². The Morgan fingerprint density at radius 3 is 2.29 bits per heavy atom. The molecule has 7 heteroatoms. The second kappa shape index (κ2) is 8.90. The standard InChI is InChI=1S/C17H23NO6/c1-17(2,3)24-15(21)10-13(9-14(19)20)18-16(22)23-11-12-7-5-4-6-8-12/h4-8,13H,9-11H2,1-3H3,(H,18,22)(H,19,20)/t13-/m1/s1. The van der Waals surface area contributed by atoms with Crippen molar-refractivity contribution in [3.63, 3.8) is 0 Å². The van der Waals surface area contributed by atoms with Gasteiger partial charge in [0.1, 0.15) is 12.2 Å². The lowest BCUT2D eigenvalue weighted by Gasteiger charge is -2.22. The molecular weight excluding hydrogens is 314 g/mol. The van der Waals surface area contributed by atoms with Crippen LogP contribution in [0.4, 0.5) is 4.79 Å². The van der Waals surface area contributed by atoms with Crippen molar-refractivity contribution in [2.75, 3.05) is 0 Å². The fourth-order valence-corrected chi connectivity index (χ4v) is 1.90. The van der Waals surface area contributed by atoms with Crippen LogP contribution in [0.1, 0.15) is 39.2 Å². The number of benzene rings is 1. The Hall–Kier alpha value is -2.57. The zero-order valence-electron chi connectivity index (χ0n) is 14.1. The summed E-state index contributed by atoms with van der Waals surface area (Å²) in [6.07, 6.45) is -1.43. The van der Waals surface area contributed by atoms with E-state index in [0.29, 0.717) is 0 Å². The molecule has 1 aromatic carbocycles. The molecule has 0 unspecified atom stereocenters. The van der Waals surface area contributed by atoms with Gasteiger partial charge in [-0.2, -0.15) is 0 Å². The molecule has 0 heterocycles. The van der Waals surface area contributed by atoms with Gasteiger partial charge in [-0.25, -0.2) is 4.79 Å². The van der Waals surface area contributed by atoms with Crippen LogP contribution in [0, 0.1) is 0 Å². The minimum Gasteiger partial charge on any atom is -0.481 e. The smallest absolute Gasteiger partial charge is 0.407 e. The third-order valence-electron chi connectivity index (χ3n) is 2.79. The number of esters is 1. The number of nitrogens with one attached hydrogen (secondary N) is 1. The Kier molecular flexibility index (Phi) is 7.23. The Morgan fingerprint density at radius 1 is 1.12 bits per heavy atom. The van der Waals surface area contributed by atoms with E-state index in [4.69, 9.17) is 14.6 Å². The van der Waals surface area contributed by atoms with Crippen molar-refractivity contribution in [3.8, 4) is 0 Å². The summed E-state index contributed by atoms with van der Waals surface area (Å²) in [7, 11) is 0. The van der Waals surface area contributed by atoms with Crippen LogP contribution in [0.25, 0.3) is 0 Å². The number of carboxylic acids is 1. The van der Waals surface area contributed by atoms with Gasteiger partial charge in [0.25, 0.3) is 0 Å². The van der Waals surface area contributed by atoms with Crippen LogP contribution in [0.2, 0.25) is 0 Å². The minimum absolute atomic E-state index is 0.0545. The molecule has 1 amide bonds. The lowest BCUT2D eigenvalue weighted by Crippen LogP contribution is -2.39. The first kappa shape index (κ1) is 19.5. The van der Waals surface area contributed by atoms with Gasteiger partial charge in [-0.05, 0) is 26.3 Å². The molecule has 1 rings (SSSR count). The highest BCUT2D eigenvalue weighted by Crippen LogP contribution is 2.11. The molecule has 0 fully saturated rings. The molecule has 0 aliphatic carbocycles. The molecule has 7 nitrogen and oxygen atoms in total. The summed E-state index contributed by atoms with van der Waals surface area (Å²) in [4.78, 5) is 34.5. The lowest BCUT2D eigenvalue weighted by molar-refractivity contribution is -0.155. The van der Waals surface area contributed by atoms with Gasteiger partial charge >= 0.3 is 18.0 Å². The highest BCUT2D eigenvalue weighted by Gasteiger charge is 2.24. The Balaban J connectivity index is 2.53. The van der Waals surface area contributed by atoms with Gasteiger partial charge in [-0.1, -0.05) is 30.3 Å². The monoisotopic (exact) mass is 337 g/mol. The molecular formula is C17H23NO6. The fourth-order valence-electron chi connectivity index (χ4n) is 1.90. The van der Waals surface area contributed by atoms with Crippen LogP contribution in [0.15, 0.2) is 30.3 Å². The van der Waals surface area contributed by atoms with Gasteiger partial charge in [0.05, 0.1) is 18.9 Å². The fraction of sp³-hybridized carbons (Fsp3) is 0.471. The van der Waals surface area contributed by atoms with Crippen LogP contribution in [0.5, 0.6) is 0 Å². The first-order chi connectivity index (χ1) is 11.2. The van der Waals surface area contributed by atoms with Gasteiger partial charge in [-0.3, -0.25) is 9.59 Å². The van der Waals surface area contributed by atoms with Crippen LogP contribution in [-0.4, -0.2) is 34.8 Å². The zero-order valence-corrected chi connectivity index (χ0v) is 14.1. The number of hydrogen-bond donors (Lipinski definition) is 2. The van der Waals surface area contributed by atoms with E-state index in [1.165, 1.54) is 0 Å². The molecule has 0 aromatic heterocycles. The summed E-state index contributed by atoms with van der Waals surface area (Å²) in [5.41, 5.74) is 0.119. The second-order valence-electron chi connectivity index (χ2n) is 6.29. The number of alkyl carbamates (subject to hydrolysis) is 1. The molecule has 1 atom stereocenters. The normalized spacial score (nSPS) is 12.1. The van der Waals surface area contributed by atoms with Gasteiger partial charge in [0.2, 0.25) is 0 Å². The number of carboxylic acid groups (broad SMARTS) is 1. The SMILES string of the molecule is CC(C)(C)OC(=O)C[C@@H](CC(=O)O)NC(=O)OCc1ccccc1. The van der Waals surface area contributed by atoms with Gasteiger partial charge in [0.15, 0.2) is 0 Å². The van der Waals surface area contributed by atoms with Gasteiger partial charge in [0, 0.05) is 0 Å². The molecule has 0 aliphatic heterocycles. The summed E-state index contributed by atoms with van der Waals surface area (Å²) in [5.74, 6) is -1.72. The number of rotatable bonds is 7. The van der Waals surface area contributed by atoms with Crippen LogP contribution < -0.4 is 5.32 Å². The van der Waals surface area contributed by atoms with Crippen LogP contribution in [-0.2, 0) is 25.7 Å². The van der Waals surface area contributed by atoms with E-state index in [1.54, 1.807) is 32.9 Å². The van der Waals surface area contributed by atoms with Crippen molar-refractivity contribution >= 4 is 18.0 Å². The average Bonchev–Trinajstić information content (AvgIpc) is 2.43. The molecule has 2 N–H and O–H groups in total. The lowest BCUT2D eigenvalue weighted by atomic mass is 10.1. The first-order valence-electron chi connectivity index (χ1n) is 7.56. The maximum Gasteiger partial charge on any atom is 0.407 e.